The molecular weight excluding hydrogens is 286 g/mol. The zero-order valence-electron chi connectivity index (χ0n) is 9.54. The lowest BCUT2D eigenvalue weighted by Crippen LogP contribution is -2.06. The highest BCUT2D eigenvalue weighted by Crippen LogP contribution is 2.35. The number of thiophene rings is 1. The Morgan fingerprint density at radius 3 is 2.81 bits per heavy atom. The summed E-state index contributed by atoms with van der Waals surface area (Å²) >= 11 is 5.24. The van der Waals surface area contributed by atoms with Crippen molar-refractivity contribution in [1.82, 2.24) is 15.1 Å². The van der Waals surface area contributed by atoms with Gasteiger partial charge in [-0.2, -0.15) is 5.10 Å². The third kappa shape index (κ3) is 2.07. The van der Waals surface area contributed by atoms with Crippen molar-refractivity contribution >= 4 is 27.3 Å². The molecular formula is C11H14BrN3S. The molecule has 0 fully saturated rings. The number of hydrogen-bond donors (Lipinski definition) is 1. The Morgan fingerprint density at radius 2 is 2.25 bits per heavy atom. The molecule has 0 saturated heterocycles. The number of halogens is 1. The van der Waals surface area contributed by atoms with E-state index in [2.05, 4.69) is 45.4 Å². The standard InChI is InChI=1S/C11H14BrN3S/c1-7-11(9-4-5-10(12)16-9)8(6-13-2)14-15(7)3/h4-5,13H,6H2,1-3H3. The highest BCUT2D eigenvalue weighted by Gasteiger charge is 2.15. The molecule has 0 unspecified atom stereocenters. The van der Waals surface area contributed by atoms with E-state index in [1.165, 1.54) is 16.1 Å². The molecule has 0 aliphatic heterocycles. The Bertz CT molecular complexity index is 501. The molecule has 1 N–H and O–H groups in total. The first-order valence-electron chi connectivity index (χ1n) is 5.06. The first-order chi connectivity index (χ1) is 7.63. The monoisotopic (exact) mass is 299 g/mol. The highest BCUT2D eigenvalue weighted by atomic mass is 79.9. The van der Waals surface area contributed by atoms with Crippen molar-refractivity contribution in [1.29, 1.82) is 0 Å². The molecule has 2 aromatic rings. The fourth-order valence-electron chi connectivity index (χ4n) is 1.74. The van der Waals surface area contributed by atoms with Gasteiger partial charge >= 0.3 is 0 Å². The van der Waals surface area contributed by atoms with E-state index < -0.39 is 0 Å². The average Bonchev–Trinajstić information content (AvgIpc) is 2.74. The van der Waals surface area contributed by atoms with Crippen LogP contribution >= 0.6 is 27.3 Å². The fraction of sp³-hybridized carbons (Fsp3) is 0.364. The zero-order chi connectivity index (χ0) is 11.7. The number of nitrogens with one attached hydrogen (secondary N) is 1. The van der Waals surface area contributed by atoms with Gasteiger partial charge < -0.3 is 5.32 Å². The maximum Gasteiger partial charge on any atom is 0.0851 e. The minimum atomic E-state index is 0.798. The number of hydrogen-bond acceptors (Lipinski definition) is 3. The van der Waals surface area contributed by atoms with Crippen LogP contribution in [0.25, 0.3) is 10.4 Å². The Kier molecular flexibility index (Phi) is 3.47. The molecule has 0 amide bonds. The van der Waals surface area contributed by atoms with Crippen LogP contribution in [0.2, 0.25) is 0 Å². The van der Waals surface area contributed by atoms with Gasteiger partial charge in [0.15, 0.2) is 0 Å². The third-order valence-corrected chi connectivity index (χ3v) is 4.21. The van der Waals surface area contributed by atoms with Crippen molar-refractivity contribution in [2.75, 3.05) is 7.05 Å². The van der Waals surface area contributed by atoms with Crippen molar-refractivity contribution in [2.24, 2.45) is 7.05 Å². The van der Waals surface area contributed by atoms with Gasteiger partial charge in [0.1, 0.15) is 0 Å². The van der Waals surface area contributed by atoms with E-state index in [4.69, 9.17) is 0 Å². The lowest BCUT2D eigenvalue weighted by Gasteiger charge is -2.00. The molecule has 3 nitrogen and oxygen atoms in total. The SMILES string of the molecule is CNCc1nn(C)c(C)c1-c1ccc(Br)s1. The smallest absolute Gasteiger partial charge is 0.0851 e. The van der Waals surface area contributed by atoms with Crippen LogP contribution in [0, 0.1) is 6.92 Å². The number of rotatable bonds is 3. The highest BCUT2D eigenvalue weighted by molar-refractivity contribution is 9.11. The molecule has 0 bridgehead atoms. The second kappa shape index (κ2) is 4.69. The predicted octanol–water partition coefficient (Wildman–Crippen LogP) is 2.94. The summed E-state index contributed by atoms with van der Waals surface area (Å²) in [5.41, 5.74) is 3.57. The summed E-state index contributed by atoms with van der Waals surface area (Å²) in [4.78, 5) is 1.27. The van der Waals surface area contributed by atoms with Gasteiger partial charge in [0.25, 0.3) is 0 Å². The van der Waals surface area contributed by atoms with E-state index in [1.54, 1.807) is 11.3 Å². The number of aromatic nitrogens is 2. The van der Waals surface area contributed by atoms with Crippen LogP contribution in [-0.4, -0.2) is 16.8 Å². The quantitative estimate of drug-likeness (QED) is 0.944. The summed E-state index contributed by atoms with van der Waals surface area (Å²) in [5, 5.41) is 7.69. The molecule has 16 heavy (non-hydrogen) atoms. The Balaban J connectivity index is 2.53. The van der Waals surface area contributed by atoms with Crippen LogP contribution in [0.1, 0.15) is 11.4 Å². The minimum absolute atomic E-state index is 0.798. The summed E-state index contributed by atoms with van der Waals surface area (Å²) in [6.07, 6.45) is 0. The Hall–Kier alpha value is -0.650. The largest absolute Gasteiger partial charge is 0.314 e. The number of nitrogens with zero attached hydrogens (tertiary/aromatic N) is 2. The third-order valence-electron chi connectivity index (χ3n) is 2.57. The van der Waals surface area contributed by atoms with Crippen molar-refractivity contribution in [3.63, 3.8) is 0 Å². The lowest BCUT2D eigenvalue weighted by molar-refractivity contribution is 0.698. The Labute approximate surface area is 108 Å². The molecule has 0 radical (unpaired) electrons. The summed E-state index contributed by atoms with van der Waals surface area (Å²) in [5.74, 6) is 0. The average molecular weight is 300 g/mol. The topological polar surface area (TPSA) is 29.9 Å². The summed E-state index contributed by atoms with van der Waals surface area (Å²) in [6.45, 7) is 2.90. The second-order valence-corrected chi connectivity index (χ2v) is 6.13. The molecule has 2 rings (SSSR count). The zero-order valence-corrected chi connectivity index (χ0v) is 11.9. The molecule has 0 aliphatic rings. The summed E-state index contributed by atoms with van der Waals surface area (Å²) in [6, 6.07) is 4.22. The van der Waals surface area contributed by atoms with Crippen molar-refractivity contribution in [2.45, 2.75) is 13.5 Å². The van der Waals surface area contributed by atoms with Crippen molar-refractivity contribution < 1.29 is 0 Å². The van der Waals surface area contributed by atoms with E-state index in [1.807, 2.05) is 18.8 Å². The van der Waals surface area contributed by atoms with Gasteiger partial charge in [-0.05, 0) is 42.0 Å². The molecule has 0 spiro atoms. The second-order valence-electron chi connectivity index (χ2n) is 3.66. The first-order valence-corrected chi connectivity index (χ1v) is 6.67. The van der Waals surface area contributed by atoms with E-state index in [9.17, 15) is 0 Å². The first kappa shape index (κ1) is 11.8. The van der Waals surface area contributed by atoms with E-state index in [0.717, 1.165) is 16.0 Å². The molecule has 0 aromatic carbocycles. The van der Waals surface area contributed by atoms with Crippen LogP contribution in [0.3, 0.4) is 0 Å². The van der Waals surface area contributed by atoms with Crippen LogP contribution in [0.15, 0.2) is 15.9 Å². The molecule has 86 valence electrons. The van der Waals surface area contributed by atoms with Crippen LogP contribution < -0.4 is 5.32 Å². The minimum Gasteiger partial charge on any atom is -0.314 e. The predicted molar refractivity (Wildman–Crippen MR) is 71.7 cm³/mol. The van der Waals surface area contributed by atoms with Gasteiger partial charge in [-0.25, -0.2) is 0 Å². The van der Waals surface area contributed by atoms with Gasteiger partial charge in [0.2, 0.25) is 0 Å². The van der Waals surface area contributed by atoms with Crippen LogP contribution in [0.5, 0.6) is 0 Å². The number of aryl methyl sites for hydroxylation is 1. The maximum atomic E-state index is 4.53. The van der Waals surface area contributed by atoms with E-state index >= 15 is 0 Å². The van der Waals surface area contributed by atoms with Gasteiger partial charge in [-0.1, -0.05) is 0 Å². The Morgan fingerprint density at radius 1 is 1.50 bits per heavy atom. The van der Waals surface area contributed by atoms with Crippen molar-refractivity contribution in [3.05, 3.63) is 27.3 Å². The summed E-state index contributed by atoms with van der Waals surface area (Å²) < 4.78 is 3.09. The molecule has 2 heterocycles. The fourth-order valence-corrected chi connectivity index (χ4v) is 3.24. The maximum absolute atomic E-state index is 4.53. The molecule has 0 aliphatic carbocycles. The van der Waals surface area contributed by atoms with Crippen LogP contribution in [0.4, 0.5) is 0 Å². The normalized spacial score (nSPS) is 11.0. The van der Waals surface area contributed by atoms with Crippen molar-refractivity contribution in [3.8, 4) is 10.4 Å². The molecule has 2 aromatic heterocycles. The van der Waals surface area contributed by atoms with Gasteiger partial charge in [0.05, 0.1) is 9.48 Å². The molecule has 5 heteroatoms. The summed E-state index contributed by atoms with van der Waals surface area (Å²) in [7, 11) is 3.93. The lowest BCUT2D eigenvalue weighted by atomic mass is 10.1. The van der Waals surface area contributed by atoms with E-state index in [0.29, 0.717) is 0 Å². The van der Waals surface area contributed by atoms with Gasteiger partial charge in [0, 0.05) is 29.7 Å². The van der Waals surface area contributed by atoms with E-state index in [-0.39, 0.29) is 0 Å². The molecule has 0 saturated carbocycles. The van der Waals surface area contributed by atoms with Crippen LogP contribution in [-0.2, 0) is 13.6 Å². The molecule has 0 atom stereocenters. The van der Waals surface area contributed by atoms with Gasteiger partial charge in [-0.3, -0.25) is 4.68 Å². The van der Waals surface area contributed by atoms with Gasteiger partial charge in [-0.15, -0.1) is 11.3 Å².